The molecule has 0 radical (unpaired) electrons. The van der Waals surface area contributed by atoms with Crippen molar-refractivity contribution in [2.45, 2.75) is 45.1 Å². The molecule has 1 aromatic rings. The van der Waals surface area contributed by atoms with Crippen LogP contribution in [-0.2, 0) is 4.79 Å². The molecule has 0 unspecified atom stereocenters. The van der Waals surface area contributed by atoms with Crippen molar-refractivity contribution in [3.05, 3.63) is 34.2 Å². The van der Waals surface area contributed by atoms with Crippen molar-refractivity contribution in [3.8, 4) is 0 Å². The molecular weight excluding hydrogens is 230 g/mol. The van der Waals surface area contributed by atoms with Crippen LogP contribution in [0.4, 0.5) is 0 Å². The Hall–Kier alpha value is -1.58. The lowest BCUT2D eigenvalue weighted by Gasteiger charge is -2.19. The monoisotopic (exact) mass is 249 g/mol. The van der Waals surface area contributed by atoms with Gasteiger partial charge in [0.25, 0.3) is 5.56 Å². The molecule has 1 aromatic heterocycles. The summed E-state index contributed by atoms with van der Waals surface area (Å²) in [5.74, 6) is -0.465. The Morgan fingerprint density at radius 2 is 2.11 bits per heavy atom. The predicted octanol–water partition coefficient (Wildman–Crippen LogP) is 2.36. The van der Waals surface area contributed by atoms with Crippen LogP contribution in [0.2, 0.25) is 0 Å². The highest BCUT2D eigenvalue weighted by atomic mass is 16.4. The molecule has 1 saturated carbocycles. The Morgan fingerprint density at radius 1 is 1.44 bits per heavy atom. The average Bonchev–Trinajstić information content (AvgIpc) is 2.82. The molecule has 1 aliphatic rings. The van der Waals surface area contributed by atoms with Crippen molar-refractivity contribution < 1.29 is 9.90 Å². The Labute approximate surface area is 106 Å². The molecule has 98 valence electrons. The maximum absolute atomic E-state index is 11.8. The minimum atomic E-state index is -0.908. The zero-order chi connectivity index (χ0) is 13.1. The fourth-order valence-electron chi connectivity index (χ4n) is 2.75. The van der Waals surface area contributed by atoms with E-state index in [9.17, 15) is 14.7 Å². The van der Waals surface area contributed by atoms with E-state index < -0.39 is 12.0 Å². The number of carboxylic acid groups (broad SMARTS) is 1. The van der Waals surface area contributed by atoms with Crippen LogP contribution in [0.1, 0.15) is 43.7 Å². The number of hydrogen-bond donors (Lipinski definition) is 1. The van der Waals surface area contributed by atoms with Gasteiger partial charge in [0.2, 0.25) is 0 Å². The Bertz CT molecular complexity index is 486. The Kier molecular flexibility index (Phi) is 3.84. The number of hydrogen-bond acceptors (Lipinski definition) is 2. The van der Waals surface area contributed by atoms with Gasteiger partial charge in [0.1, 0.15) is 6.04 Å². The standard InChI is InChI=1S/C14H19NO3/c1-10-6-7-13(16)15(9-10)12(14(17)18)8-11-4-2-3-5-11/h6-7,9,11-12H,2-5,8H2,1H3,(H,17,18)/t12-/m0/s1. The van der Waals surface area contributed by atoms with Crippen LogP contribution >= 0.6 is 0 Å². The smallest absolute Gasteiger partial charge is 0.326 e. The summed E-state index contributed by atoms with van der Waals surface area (Å²) >= 11 is 0. The second-order valence-corrected chi connectivity index (χ2v) is 5.19. The molecule has 0 aliphatic heterocycles. The molecule has 0 saturated heterocycles. The largest absolute Gasteiger partial charge is 0.480 e. The minimum absolute atomic E-state index is 0.231. The third-order valence-corrected chi connectivity index (χ3v) is 3.74. The first kappa shape index (κ1) is 12.9. The zero-order valence-electron chi connectivity index (χ0n) is 10.6. The summed E-state index contributed by atoms with van der Waals surface area (Å²) in [5, 5.41) is 9.34. The van der Waals surface area contributed by atoms with Crippen LogP contribution < -0.4 is 5.56 Å². The molecular formula is C14H19NO3. The van der Waals surface area contributed by atoms with Gasteiger partial charge in [0.15, 0.2) is 0 Å². The van der Waals surface area contributed by atoms with E-state index in [1.54, 1.807) is 12.3 Å². The molecule has 1 atom stereocenters. The van der Waals surface area contributed by atoms with E-state index in [2.05, 4.69) is 0 Å². The molecule has 1 aliphatic carbocycles. The first-order chi connectivity index (χ1) is 8.58. The van der Waals surface area contributed by atoms with Gasteiger partial charge in [0, 0.05) is 12.3 Å². The van der Waals surface area contributed by atoms with Gasteiger partial charge in [-0.3, -0.25) is 4.79 Å². The van der Waals surface area contributed by atoms with E-state index in [0.29, 0.717) is 12.3 Å². The van der Waals surface area contributed by atoms with E-state index in [4.69, 9.17) is 0 Å². The third kappa shape index (κ3) is 2.81. The summed E-state index contributed by atoms with van der Waals surface area (Å²) in [6.45, 7) is 1.87. The van der Waals surface area contributed by atoms with Gasteiger partial charge in [-0.2, -0.15) is 0 Å². The van der Waals surface area contributed by atoms with Gasteiger partial charge in [-0.15, -0.1) is 0 Å². The van der Waals surface area contributed by atoms with Crippen molar-refractivity contribution in [1.82, 2.24) is 4.57 Å². The highest BCUT2D eigenvalue weighted by Gasteiger charge is 2.26. The molecule has 4 nitrogen and oxygen atoms in total. The summed E-state index contributed by atoms with van der Waals surface area (Å²) < 4.78 is 1.37. The average molecular weight is 249 g/mol. The van der Waals surface area contributed by atoms with Gasteiger partial charge in [-0.05, 0) is 24.8 Å². The molecule has 0 bridgehead atoms. The molecule has 4 heteroatoms. The summed E-state index contributed by atoms with van der Waals surface area (Å²) in [6, 6.07) is 2.44. The second-order valence-electron chi connectivity index (χ2n) is 5.19. The lowest BCUT2D eigenvalue weighted by Crippen LogP contribution is -2.30. The predicted molar refractivity (Wildman–Crippen MR) is 68.7 cm³/mol. The van der Waals surface area contributed by atoms with Crippen molar-refractivity contribution in [3.63, 3.8) is 0 Å². The highest BCUT2D eigenvalue weighted by Crippen LogP contribution is 2.31. The SMILES string of the molecule is Cc1ccc(=O)n([C@@H](CC2CCCC2)C(=O)O)c1. The van der Waals surface area contributed by atoms with E-state index in [-0.39, 0.29) is 5.56 Å². The fourth-order valence-corrected chi connectivity index (χ4v) is 2.75. The zero-order valence-corrected chi connectivity index (χ0v) is 10.6. The number of nitrogens with zero attached hydrogens (tertiary/aromatic N) is 1. The number of aromatic nitrogens is 1. The minimum Gasteiger partial charge on any atom is -0.480 e. The Balaban J connectivity index is 2.26. The van der Waals surface area contributed by atoms with E-state index in [1.807, 2.05) is 6.92 Å². The number of aryl methyl sites for hydroxylation is 1. The molecule has 1 heterocycles. The van der Waals surface area contributed by atoms with Gasteiger partial charge in [0.05, 0.1) is 0 Å². The van der Waals surface area contributed by atoms with E-state index in [0.717, 1.165) is 18.4 Å². The van der Waals surface area contributed by atoms with Gasteiger partial charge < -0.3 is 9.67 Å². The molecule has 1 N–H and O–H groups in total. The maximum atomic E-state index is 11.8. The quantitative estimate of drug-likeness (QED) is 0.891. The molecule has 1 fully saturated rings. The normalized spacial score (nSPS) is 17.8. The van der Waals surface area contributed by atoms with E-state index in [1.165, 1.54) is 23.5 Å². The maximum Gasteiger partial charge on any atom is 0.326 e. The third-order valence-electron chi connectivity index (χ3n) is 3.74. The first-order valence-electron chi connectivity index (χ1n) is 6.49. The second kappa shape index (κ2) is 5.38. The summed E-state index contributed by atoms with van der Waals surface area (Å²) in [7, 11) is 0. The molecule has 2 rings (SSSR count). The van der Waals surface area contributed by atoms with Gasteiger partial charge >= 0.3 is 5.97 Å². The fraction of sp³-hybridized carbons (Fsp3) is 0.571. The van der Waals surface area contributed by atoms with Crippen molar-refractivity contribution in [2.75, 3.05) is 0 Å². The summed E-state index contributed by atoms with van der Waals surface area (Å²) in [4.78, 5) is 23.2. The van der Waals surface area contributed by atoms with Crippen LogP contribution in [0.25, 0.3) is 0 Å². The Morgan fingerprint density at radius 3 is 2.72 bits per heavy atom. The van der Waals surface area contributed by atoms with Crippen LogP contribution in [0.3, 0.4) is 0 Å². The number of carbonyl (C=O) groups is 1. The summed E-state index contributed by atoms with van der Waals surface area (Å²) in [5.41, 5.74) is 0.679. The molecule has 18 heavy (non-hydrogen) atoms. The molecule has 0 spiro atoms. The van der Waals surface area contributed by atoms with Gasteiger partial charge in [-0.1, -0.05) is 31.7 Å². The number of pyridine rings is 1. The summed E-state index contributed by atoms with van der Waals surface area (Å²) in [6.07, 6.45) is 6.75. The number of carboxylic acids is 1. The first-order valence-corrected chi connectivity index (χ1v) is 6.49. The molecule has 0 amide bonds. The number of aliphatic carboxylic acids is 1. The lowest BCUT2D eigenvalue weighted by atomic mass is 9.98. The number of rotatable bonds is 4. The van der Waals surface area contributed by atoms with Crippen LogP contribution in [0.15, 0.2) is 23.1 Å². The van der Waals surface area contributed by atoms with Gasteiger partial charge in [-0.25, -0.2) is 4.79 Å². The van der Waals surface area contributed by atoms with Crippen molar-refractivity contribution in [1.29, 1.82) is 0 Å². The molecule has 0 aromatic carbocycles. The lowest BCUT2D eigenvalue weighted by molar-refractivity contribution is -0.141. The van der Waals surface area contributed by atoms with Crippen LogP contribution in [-0.4, -0.2) is 15.6 Å². The van der Waals surface area contributed by atoms with E-state index >= 15 is 0 Å². The van der Waals surface area contributed by atoms with Crippen LogP contribution in [0, 0.1) is 12.8 Å². The highest BCUT2D eigenvalue weighted by molar-refractivity contribution is 5.71. The van der Waals surface area contributed by atoms with Crippen molar-refractivity contribution >= 4 is 5.97 Å². The van der Waals surface area contributed by atoms with Crippen molar-refractivity contribution in [2.24, 2.45) is 5.92 Å². The topological polar surface area (TPSA) is 59.3 Å². The van der Waals surface area contributed by atoms with Crippen LogP contribution in [0.5, 0.6) is 0 Å².